The van der Waals surface area contributed by atoms with Gasteiger partial charge in [0.25, 0.3) is 0 Å². The molecule has 3 N–H and O–H groups in total. The van der Waals surface area contributed by atoms with Crippen LogP contribution < -0.4 is 10.0 Å². The van der Waals surface area contributed by atoms with Gasteiger partial charge in [0.05, 0.1) is 11.0 Å². The highest BCUT2D eigenvalue weighted by atomic mass is 32.2. The van der Waals surface area contributed by atoms with Gasteiger partial charge >= 0.3 is 0 Å². The van der Waals surface area contributed by atoms with Crippen LogP contribution in [0.15, 0.2) is 17.2 Å². The summed E-state index contributed by atoms with van der Waals surface area (Å²) >= 11 is 0. The molecule has 0 amide bonds. The van der Waals surface area contributed by atoms with Crippen LogP contribution in [0.25, 0.3) is 0 Å². The second-order valence-corrected chi connectivity index (χ2v) is 6.93. The second-order valence-electron chi connectivity index (χ2n) is 5.17. The summed E-state index contributed by atoms with van der Waals surface area (Å²) in [6, 6.07) is 1.66. The first kappa shape index (κ1) is 18.2. The largest absolute Gasteiger partial charge is 0.379 e. The van der Waals surface area contributed by atoms with Gasteiger partial charge in [-0.1, -0.05) is 6.92 Å². The van der Waals surface area contributed by atoms with Crippen LogP contribution in [0.2, 0.25) is 0 Å². The molecule has 0 aliphatic carbocycles. The van der Waals surface area contributed by atoms with Crippen LogP contribution >= 0.6 is 0 Å². The fourth-order valence-corrected chi connectivity index (χ4v) is 2.86. The number of hydrogen-bond acceptors (Lipinski definition) is 4. The van der Waals surface area contributed by atoms with Gasteiger partial charge in [0.1, 0.15) is 0 Å². The summed E-state index contributed by atoms with van der Waals surface area (Å²) in [5.74, 6) is 0. The molecule has 0 fully saturated rings. The first-order valence-corrected chi connectivity index (χ1v) is 8.93. The van der Waals surface area contributed by atoms with Gasteiger partial charge in [-0.05, 0) is 39.3 Å². The normalized spacial score (nSPS) is 12.2. The lowest BCUT2D eigenvalue weighted by Gasteiger charge is -2.07. The van der Waals surface area contributed by atoms with Gasteiger partial charge in [0.15, 0.2) is 0 Å². The maximum atomic E-state index is 12.1. The number of nitrogens with one attached hydrogen (secondary N) is 3. The molecular weight excluding hydrogens is 290 g/mol. The molecular formula is C14H27N3O3S. The third-order valence-corrected chi connectivity index (χ3v) is 4.35. The molecule has 6 nitrogen and oxygen atoms in total. The zero-order valence-corrected chi connectivity index (χ0v) is 13.9. The molecule has 0 spiro atoms. The van der Waals surface area contributed by atoms with E-state index in [0.29, 0.717) is 19.7 Å². The highest BCUT2D eigenvalue weighted by Gasteiger charge is 2.15. The number of aromatic nitrogens is 1. The molecule has 1 aromatic heterocycles. The Morgan fingerprint density at radius 1 is 1.33 bits per heavy atom. The van der Waals surface area contributed by atoms with Crippen molar-refractivity contribution in [1.82, 2.24) is 15.0 Å². The zero-order chi connectivity index (χ0) is 15.7. The molecule has 0 saturated heterocycles. The van der Waals surface area contributed by atoms with Crippen molar-refractivity contribution >= 4 is 10.0 Å². The van der Waals surface area contributed by atoms with Crippen LogP contribution in [0.5, 0.6) is 0 Å². The molecule has 0 saturated carbocycles. The molecule has 21 heavy (non-hydrogen) atoms. The molecule has 0 radical (unpaired) electrons. The van der Waals surface area contributed by atoms with Crippen molar-refractivity contribution in [2.24, 2.45) is 0 Å². The maximum absolute atomic E-state index is 12.1. The van der Waals surface area contributed by atoms with Crippen LogP contribution in [0.3, 0.4) is 0 Å². The van der Waals surface area contributed by atoms with Gasteiger partial charge in [0, 0.05) is 31.6 Å². The van der Waals surface area contributed by atoms with E-state index in [1.165, 1.54) is 6.20 Å². The average molecular weight is 317 g/mol. The van der Waals surface area contributed by atoms with E-state index in [0.717, 1.165) is 25.1 Å². The molecule has 1 rings (SSSR count). The Balaban J connectivity index is 2.34. The number of rotatable bonds is 11. The van der Waals surface area contributed by atoms with Crippen LogP contribution in [0, 0.1) is 0 Å². The Labute approximate surface area is 127 Å². The number of hydrogen-bond donors (Lipinski definition) is 3. The molecule has 1 heterocycles. The van der Waals surface area contributed by atoms with E-state index in [4.69, 9.17) is 4.74 Å². The lowest BCUT2D eigenvalue weighted by atomic mass is 10.3. The van der Waals surface area contributed by atoms with Crippen molar-refractivity contribution in [2.75, 3.05) is 19.7 Å². The molecule has 0 aliphatic heterocycles. The number of sulfonamides is 1. The predicted octanol–water partition coefficient (Wildman–Crippen LogP) is 1.61. The van der Waals surface area contributed by atoms with Crippen molar-refractivity contribution in [3.8, 4) is 0 Å². The van der Waals surface area contributed by atoms with Crippen LogP contribution in [0.1, 0.15) is 39.3 Å². The minimum absolute atomic E-state index is 0.219. The standard InChI is InChI=1S/C14H27N3O3S/c1-4-15-10-13-9-14(11-16-13)21(18,19)17-7-5-6-8-20-12(2)3/h9,11-12,15-17H,4-8,10H2,1-3H3. The number of ether oxygens (including phenoxy) is 1. The van der Waals surface area contributed by atoms with Gasteiger partial charge in [-0.2, -0.15) is 0 Å². The van der Waals surface area contributed by atoms with E-state index in [1.54, 1.807) is 6.07 Å². The van der Waals surface area contributed by atoms with E-state index in [9.17, 15) is 8.42 Å². The Kier molecular flexibility index (Phi) is 7.95. The monoisotopic (exact) mass is 317 g/mol. The van der Waals surface area contributed by atoms with Crippen molar-refractivity contribution < 1.29 is 13.2 Å². The molecule has 0 bridgehead atoms. The predicted molar refractivity (Wildman–Crippen MR) is 83.7 cm³/mol. The van der Waals surface area contributed by atoms with Crippen molar-refractivity contribution in [3.05, 3.63) is 18.0 Å². The van der Waals surface area contributed by atoms with E-state index in [2.05, 4.69) is 15.0 Å². The van der Waals surface area contributed by atoms with Crippen LogP contribution in [-0.2, 0) is 21.3 Å². The Morgan fingerprint density at radius 3 is 2.76 bits per heavy atom. The van der Waals surface area contributed by atoms with Gasteiger partial charge < -0.3 is 15.0 Å². The lowest BCUT2D eigenvalue weighted by Crippen LogP contribution is -2.24. The van der Waals surface area contributed by atoms with Gasteiger partial charge in [0.2, 0.25) is 10.0 Å². The highest BCUT2D eigenvalue weighted by molar-refractivity contribution is 7.89. The summed E-state index contributed by atoms with van der Waals surface area (Å²) in [6.45, 7) is 8.55. The molecule has 1 aromatic rings. The van der Waals surface area contributed by atoms with Crippen molar-refractivity contribution in [2.45, 2.75) is 51.2 Å². The van der Waals surface area contributed by atoms with Gasteiger partial charge in [-0.15, -0.1) is 0 Å². The summed E-state index contributed by atoms with van der Waals surface area (Å²) in [6.07, 6.45) is 3.36. The minimum Gasteiger partial charge on any atom is -0.379 e. The van der Waals surface area contributed by atoms with Gasteiger partial charge in [-0.25, -0.2) is 13.1 Å². The van der Waals surface area contributed by atoms with E-state index in [1.807, 2.05) is 20.8 Å². The van der Waals surface area contributed by atoms with Crippen LogP contribution in [-0.4, -0.2) is 39.2 Å². The summed E-state index contributed by atoms with van der Waals surface area (Å²) in [7, 11) is -3.42. The van der Waals surface area contributed by atoms with Crippen molar-refractivity contribution in [3.63, 3.8) is 0 Å². The second kappa shape index (κ2) is 9.19. The fraction of sp³-hybridized carbons (Fsp3) is 0.714. The topological polar surface area (TPSA) is 83.2 Å². The number of unbranched alkanes of at least 4 members (excludes halogenated alkanes) is 1. The first-order valence-electron chi connectivity index (χ1n) is 7.45. The Hall–Kier alpha value is -0.890. The zero-order valence-electron chi connectivity index (χ0n) is 13.1. The summed E-state index contributed by atoms with van der Waals surface area (Å²) in [4.78, 5) is 3.25. The minimum atomic E-state index is -3.42. The van der Waals surface area contributed by atoms with Gasteiger partial charge in [-0.3, -0.25) is 0 Å². The molecule has 7 heteroatoms. The van der Waals surface area contributed by atoms with Crippen LogP contribution in [0.4, 0.5) is 0 Å². The molecule has 0 unspecified atom stereocenters. The Morgan fingerprint density at radius 2 is 2.10 bits per heavy atom. The fourth-order valence-electron chi connectivity index (χ4n) is 1.77. The number of aromatic amines is 1. The SMILES string of the molecule is CCNCc1cc(S(=O)(=O)NCCCCOC(C)C)c[nH]1. The maximum Gasteiger partial charge on any atom is 0.242 e. The molecule has 0 aromatic carbocycles. The average Bonchev–Trinajstić information content (AvgIpc) is 2.89. The number of H-pyrrole nitrogens is 1. The lowest BCUT2D eigenvalue weighted by molar-refractivity contribution is 0.0762. The molecule has 0 atom stereocenters. The third kappa shape index (κ3) is 7.08. The molecule has 122 valence electrons. The summed E-state index contributed by atoms with van der Waals surface area (Å²) < 4.78 is 32.2. The highest BCUT2D eigenvalue weighted by Crippen LogP contribution is 2.10. The van der Waals surface area contributed by atoms with E-state index < -0.39 is 10.0 Å². The summed E-state index contributed by atoms with van der Waals surface area (Å²) in [5.41, 5.74) is 0.863. The first-order chi connectivity index (χ1) is 9.95. The quantitative estimate of drug-likeness (QED) is 0.541. The van der Waals surface area contributed by atoms with E-state index >= 15 is 0 Å². The Bertz CT molecular complexity index is 497. The molecule has 0 aliphatic rings. The smallest absolute Gasteiger partial charge is 0.242 e. The van der Waals surface area contributed by atoms with Crippen molar-refractivity contribution in [1.29, 1.82) is 0 Å². The third-order valence-electron chi connectivity index (χ3n) is 2.91. The summed E-state index contributed by atoms with van der Waals surface area (Å²) in [5, 5.41) is 3.14. The van der Waals surface area contributed by atoms with E-state index in [-0.39, 0.29) is 11.0 Å².